The summed E-state index contributed by atoms with van der Waals surface area (Å²) in [5, 5.41) is 16.2. The van der Waals surface area contributed by atoms with Crippen molar-refractivity contribution in [3.05, 3.63) is 33.9 Å². The first kappa shape index (κ1) is 16.9. The van der Waals surface area contributed by atoms with Crippen molar-refractivity contribution >= 4 is 17.3 Å². The molecule has 0 saturated carbocycles. The Morgan fingerprint density at radius 1 is 1.33 bits per heavy atom. The molecule has 0 spiro atoms. The Bertz CT molecular complexity index is 493. The van der Waals surface area contributed by atoms with E-state index >= 15 is 0 Å². The monoisotopic (exact) mass is 297 g/mol. The standard InChI is InChI=1S/C13H19N3O5/c1-14-12-4-3-10(16(18)19)9-11(12)13(17)15-5-6-21-8-7-20-2/h3-4,9,14H,5-8H2,1-2H3,(H,15,17). The van der Waals surface area contributed by atoms with Crippen LogP contribution in [-0.4, -0.2) is 51.4 Å². The van der Waals surface area contributed by atoms with Gasteiger partial charge in [0.15, 0.2) is 0 Å². The molecule has 8 heteroatoms. The highest BCUT2D eigenvalue weighted by atomic mass is 16.6. The van der Waals surface area contributed by atoms with Crippen molar-refractivity contribution in [1.82, 2.24) is 5.32 Å². The van der Waals surface area contributed by atoms with E-state index in [-0.39, 0.29) is 11.3 Å². The number of anilines is 1. The molecule has 0 heterocycles. The maximum atomic E-state index is 12.0. The first-order valence-electron chi connectivity index (χ1n) is 6.41. The van der Waals surface area contributed by atoms with Crippen LogP contribution in [0.25, 0.3) is 0 Å². The second-order valence-corrected chi connectivity index (χ2v) is 4.10. The van der Waals surface area contributed by atoms with Crippen LogP contribution in [0.2, 0.25) is 0 Å². The quantitative estimate of drug-likeness (QED) is 0.401. The van der Waals surface area contributed by atoms with Gasteiger partial charge >= 0.3 is 0 Å². The van der Waals surface area contributed by atoms with Gasteiger partial charge in [-0.2, -0.15) is 0 Å². The summed E-state index contributed by atoms with van der Waals surface area (Å²) in [4.78, 5) is 22.3. The Morgan fingerprint density at radius 3 is 2.71 bits per heavy atom. The number of amides is 1. The van der Waals surface area contributed by atoms with Crippen molar-refractivity contribution in [1.29, 1.82) is 0 Å². The number of carbonyl (C=O) groups excluding carboxylic acids is 1. The van der Waals surface area contributed by atoms with Gasteiger partial charge in [-0.15, -0.1) is 0 Å². The average molecular weight is 297 g/mol. The fourth-order valence-electron chi connectivity index (χ4n) is 1.63. The number of nitrogens with zero attached hydrogens (tertiary/aromatic N) is 1. The van der Waals surface area contributed by atoms with Crippen molar-refractivity contribution < 1.29 is 19.2 Å². The van der Waals surface area contributed by atoms with Crippen LogP contribution >= 0.6 is 0 Å². The summed E-state index contributed by atoms with van der Waals surface area (Å²) < 4.78 is 10.0. The molecule has 21 heavy (non-hydrogen) atoms. The Balaban J connectivity index is 2.59. The third kappa shape index (κ3) is 5.36. The van der Waals surface area contributed by atoms with Crippen molar-refractivity contribution in [2.45, 2.75) is 0 Å². The lowest BCUT2D eigenvalue weighted by Gasteiger charge is -2.10. The molecule has 0 atom stereocenters. The van der Waals surface area contributed by atoms with E-state index in [0.717, 1.165) is 0 Å². The molecule has 116 valence electrons. The number of nitrogens with one attached hydrogen (secondary N) is 2. The molecule has 0 aliphatic heterocycles. The number of carbonyl (C=O) groups is 1. The molecular weight excluding hydrogens is 278 g/mol. The minimum absolute atomic E-state index is 0.129. The van der Waals surface area contributed by atoms with E-state index in [2.05, 4.69) is 10.6 Å². The van der Waals surface area contributed by atoms with Crippen molar-refractivity contribution in [2.75, 3.05) is 45.8 Å². The third-order valence-electron chi connectivity index (χ3n) is 2.69. The van der Waals surface area contributed by atoms with Crippen LogP contribution in [0.1, 0.15) is 10.4 Å². The zero-order valence-electron chi connectivity index (χ0n) is 12.0. The highest BCUT2D eigenvalue weighted by Crippen LogP contribution is 2.21. The highest BCUT2D eigenvalue weighted by molar-refractivity contribution is 6.00. The van der Waals surface area contributed by atoms with Crippen LogP contribution in [0.15, 0.2) is 18.2 Å². The second-order valence-electron chi connectivity index (χ2n) is 4.10. The van der Waals surface area contributed by atoms with Crippen LogP contribution in [0.4, 0.5) is 11.4 Å². The largest absolute Gasteiger partial charge is 0.387 e. The van der Waals surface area contributed by atoms with E-state index in [1.807, 2.05) is 0 Å². The lowest BCUT2D eigenvalue weighted by Crippen LogP contribution is -2.28. The van der Waals surface area contributed by atoms with E-state index in [1.54, 1.807) is 14.2 Å². The molecule has 0 aliphatic rings. The van der Waals surface area contributed by atoms with Gasteiger partial charge < -0.3 is 20.1 Å². The Hall–Kier alpha value is -2.19. The first-order valence-corrected chi connectivity index (χ1v) is 6.41. The van der Waals surface area contributed by atoms with Crippen molar-refractivity contribution in [3.63, 3.8) is 0 Å². The number of nitro groups is 1. The van der Waals surface area contributed by atoms with Crippen LogP contribution in [0.3, 0.4) is 0 Å². The lowest BCUT2D eigenvalue weighted by molar-refractivity contribution is -0.384. The molecule has 0 saturated heterocycles. The van der Waals surface area contributed by atoms with E-state index in [1.165, 1.54) is 18.2 Å². The van der Waals surface area contributed by atoms with Gasteiger partial charge in [0.2, 0.25) is 0 Å². The van der Waals surface area contributed by atoms with Gasteiger partial charge in [0, 0.05) is 38.5 Å². The number of ether oxygens (including phenoxy) is 2. The number of non-ortho nitro benzene ring substituents is 1. The van der Waals surface area contributed by atoms with Crippen LogP contribution < -0.4 is 10.6 Å². The smallest absolute Gasteiger partial charge is 0.270 e. The number of hydrogen-bond acceptors (Lipinski definition) is 6. The molecule has 0 aliphatic carbocycles. The van der Waals surface area contributed by atoms with E-state index < -0.39 is 10.8 Å². The normalized spacial score (nSPS) is 10.2. The number of benzene rings is 1. The Kier molecular flexibility index (Phi) is 7.13. The number of nitro benzene ring substituents is 1. The summed E-state index contributed by atoms with van der Waals surface area (Å²) in [6.45, 7) is 1.60. The van der Waals surface area contributed by atoms with Crippen LogP contribution in [-0.2, 0) is 9.47 Å². The minimum atomic E-state index is -0.538. The zero-order valence-corrected chi connectivity index (χ0v) is 12.0. The summed E-state index contributed by atoms with van der Waals surface area (Å²) >= 11 is 0. The van der Waals surface area contributed by atoms with Crippen molar-refractivity contribution in [3.8, 4) is 0 Å². The minimum Gasteiger partial charge on any atom is -0.387 e. The lowest BCUT2D eigenvalue weighted by atomic mass is 10.1. The summed E-state index contributed by atoms with van der Waals surface area (Å²) in [6, 6.07) is 4.09. The molecular formula is C13H19N3O5. The second kappa shape index (κ2) is 8.88. The maximum absolute atomic E-state index is 12.0. The van der Waals surface area contributed by atoms with Gasteiger partial charge in [-0.25, -0.2) is 0 Å². The fraction of sp³-hybridized carbons (Fsp3) is 0.462. The maximum Gasteiger partial charge on any atom is 0.270 e. The summed E-state index contributed by atoms with van der Waals surface area (Å²) in [5.41, 5.74) is 0.623. The first-order chi connectivity index (χ1) is 10.1. The molecule has 1 amide bonds. The molecule has 0 unspecified atom stereocenters. The average Bonchev–Trinajstić information content (AvgIpc) is 2.49. The topological polar surface area (TPSA) is 103 Å². The predicted octanol–water partition coefficient (Wildman–Crippen LogP) is 1.03. The molecule has 0 fully saturated rings. The molecule has 0 bridgehead atoms. The van der Waals surface area contributed by atoms with Gasteiger partial charge in [-0.05, 0) is 6.07 Å². The molecule has 1 rings (SSSR count). The predicted molar refractivity (Wildman–Crippen MR) is 77.7 cm³/mol. The third-order valence-corrected chi connectivity index (χ3v) is 2.69. The Morgan fingerprint density at radius 2 is 2.10 bits per heavy atom. The molecule has 1 aromatic carbocycles. The molecule has 1 aromatic rings. The van der Waals surface area contributed by atoms with Crippen LogP contribution in [0.5, 0.6) is 0 Å². The number of rotatable bonds is 9. The van der Waals surface area contributed by atoms with Gasteiger partial charge in [0.1, 0.15) is 0 Å². The molecule has 0 aromatic heterocycles. The Labute approximate surface area is 122 Å². The SMILES string of the molecule is CNc1ccc([N+](=O)[O-])cc1C(=O)NCCOCCOC. The number of hydrogen-bond donors (Lipinski definition) is 2. The van der Waals surface area contributed by atoms with Gasteiger partial charge in [0.25, 0.3) is 11.6 Å². The van der Waals surface area contributed by atoms with E-state index in [9.17, 15) is 14.9 Å². The van der Waals surface area contributed by atoms with Gasteiger partial charge in [0.05, 0.1) is 30.3 Å². The van der Waals surface area contributed by atoms with E-state index in [4.69, 9.17) is 9.47 Å². The summed E-state index contributed by atoms with van der Waals surface area (Å²) in [5.74, 6) is -0.390. The van der Waals surface area contributed by atoms with Crippen LogP contribution in [0, 0.1) is 10.1 Å². The molecule has 0 radical (unpaired) electrons. The summed E-state index contributed by atoms with van der Waals surface area (Å²) in [7, 11) is 3.22. The number of methoxy groups -OCH3 is 1. The van der Waals surface area contributed by atoms with Gasteiger partial charge in [-0.3, -0.25) is 14.9 Å². The zero-order chi connectivity index (χ0) is 15.7. The fourth-order valence-corrected chi connectivity index (χ4v) is 1.63. The van der Waals surface area contributed by atoms with Gasteiger partial charge in [-0.1, -0.05) is 0 Å². The highest BCUT2D eigenvalue weighted by Gasteiger charge is 2.15. The molecule has 2 N–H and O–H groups in total. The van der Waals surface area contributed by atoms with E-state index in [0.29, 0.717) is 32.1 Å². The molecule has 8 nitrogen and oxygen atoms in total. The van der Waals surface area contributed by atoms with Crippen molar-refractivity contribution in [2.24, 2.45) is 0 Å². The summed E-state index contributed by atoms with van der Waals surface area (Å²) in [6.07, 6.45) is 0.